The minimum Gasteiger partial charge on any atom is -0.339 e. The summed E-state index contributed by atoms with van der Waals surface area (Å²) in [6.45, 7) is 5.16. The highest BCUT2D eigenvalue weighted by Gasteiger charge is 2.23. The summed E-state index contributed by atoms with van der Waals surface area (Å²) < 4.78 is 0. The summed E-state index contributed by atoms with van der Waals surface area (Å²) in [5, 5.41) is 0. The van der Waals surface area contributed by atoms with E-state index in [-0.39, 0.29) is 11.8 Å². The molecule has 1 aliphatic rings. The Bertz CT molecular complexity index is 588. The topological polar surface area (TPSA) is 43.9 Å². The molecule has 0 atom stereocenters. The SMILES string of the molecule is C/C(=C\C(=O)N1CCN(C(=O)CCN(C)C)CC1)c1ccccc1. The fourth-order valence-electron chi connectivity index (χ4n) is 2.71. The fourth-order valence-corrected chi connectivity index (χ4v) is 2.71. The summed E-state index contributed by atoms with van der Waals surface area (Å²) >= 11 is 0. The average molecular weight is 329 g/mol. The summed E-state index contributed by atoms with van der Waals surface area (Å²) in [6.07, 6.45) is 2.23. The Morgan fingerprint density at radius 2 is 1.62 bits per heavy atom. The first kappa shape index (κ1) is 18.2. The van der Waals surface area contributed by atoms with Gasteiger partial charge in [0.2, 0.25) is 11.8 Å². The molecule has 1 aromatic carbocycles. The first-order valence-corrected chi connectivity index (χ1v) is 8.42. The second-order valence-electron chi connectivity index (χ2n) is 6.45. The maximum Gasteiger partial charge on any atom is 0.246 e. The molecule has 5 heteroatoms. The van der Waals surface area contributed by atoms with Crippen molar-refractivity contribution in [1.82, 2.24) is 14.7 Å². The molecule has 0 aromatic heterocycles. The van der Waals surface area contributed by atoms with E-state index in [1.54, 1.807) is 6.08 Å². The van der Waals surface area contributed by atoms with Crippen molar-refractivity contribution < 1.29 is 9.59 Å². The first-order valence-electron chi connectivity index (χ1n) is 8.42. The van der Waals surface area contributed by atoms with Gasteiger partial charge in [-0.25, -0.2) is 0 Å². The standard InChI is InChI=1S/C19H27N3O2/c1-16(17-7-5-4-6-8-17)15-19(24)22-13-11-21(12-14-22)18(23)9-10-20(2)3/h4-8,15H,9-14H2,1-3H3/b16-15+. The molecule has 0 unspecified atom stereocenters. The van der Waals surface area contributed by atoms with E-state index in [1.165, 1.54) is 0 Å². The monoisotopic (exact) mass is 329 g/mol. The van der Waals surface area contributed by atoms with Gasteiger partial charge in [-0.1, -0.05) is 30.3 Å². The maximum atomic E-state index is 12.4. The highest BCUT2D eigenvalue weighted by molar-refractivity contribution is 5.95. The van der Waals surface area contributed by atoms with Crippen LogP contribution in [-0.2, 0) is 9.59 Å². The van der Waals surface area contributed by atoms with E-state index < -0.39 is 0 Å². The summed E-state index contributed by atoms with van der Waals surface area (Å²) in [5.41, 5.74) is 2.02. The number of benzene rings is 1. The van der Waals surface area contributed by atoms with Gasteiger partial charge < -0.3 is 14.7 Å². The van der Waals surface area contributed by atoms with Gasteiger partial charge in [-0.15, -0.1) is 0 Å². The molecular formula is C19H27N3O2. The number of hydrogen-bond donors (Lipinski definition) is 0. The molecule has 0 spiro atoms. The molecule has 1 aliphatic heterocycles. The van der Waals surface area contributed by atoms with E-state index in [2.05, 4.69) is 0 Å². The lowest BCUT2D eigenvalue weighted by Gasteiger charge is -2.34. The van der Waals surface area contributed by atoms with Gasteiger partial charge in [0.15, 0.2) is 0 Å². The molecule has 24 heavy (non-hydrogen) atoms. The predicted octanol–water partition coefficient (Wildman–Crippen LogP) is 1.71. The fraction of sp³-hybridized carbons (Fsp3) is 0.474. The van der Waals surface area contributed by atoms with Crippen LogP contribution in [0.3, 0.4) is 0 Å². The van der Waals surface area contributed by atoms with Crippen LogP contribution in [0.25, 0.3) is 5.57 Å². The average Bonchev–Trinajstić information content (AvgIpc) is 2.60. The van der Waals surface area contributed by atoms with Crippen LogP contribution in [0, 0.1) is 0 Å². The van der Waals surface area contributed by atoms with Crippen LogP contribution in [0.4, 0.5) is 0 Å². The van der Waals surface area contributed by atoms with Crippen molar-refractivity contribution in [2.45, 2.75) is 13.3 Å². The van der Waals surface area contributed by atoms with Gasteiger partial charge in [0.1, 0.15) is 0 Å². The number of carbonyl (C=O) groups is 2. The van der Waals surface area contributed by atoms with E-state index in [4.69, 9.17) is 0 Å². The quantitative estimate of drug-likeness (QED) is 0.773. The number of allylic oxidation sites excluding steroid dienone is 1. The summed E-state index contributed by atoms with van der Waals surface area (Å²) in [6, 6.07) is 9.90. The van der Waals surface area contributed by atoms with Crippen LogP contribution < -0.4 is 0 Å². The third kappa shape index (κ3) is 5.20. The van der Waals surface area contributed by atoms with Gasteiger partial charge in [-0.2, -0.15) is 0 Å². The molecule has 1 fully saturated rings. The lowest BCUT2D eigenvalue weighted by molar-refractivity contribution is -0.137. The van der Waals surface area contributed by atoms with Crippen molar-refractivity contribution in [2.24, 2.45) is 0 Å². The largest absolute Gasteiger partial charge is 0.339 e. The smallest absolute Gasteiger partial charge is 0.246 e. The van der Waals surface area contributed by atoms with Crippen molar-refractivity contribution in [3.63, 3.8) is 0 Å². The number of rotatable bonds is 5. The Morgan fingerprint density at radius 3 is 2.21 bits per heavy atom. The zero-order valence-electron chi connectivity index (χ0n) is 14.9. The van der Waals surface area contributed by atoms with E-state index in [9.17, 15) is 9.59 Å². The molecule has 0 saturated carbocycles. The molecule has 0 radical (unpaired) electrons. The van der Waals surface area contributed by atoms with E-state index >= 15 is 0 Å². The first-order chi connectivity index (χ1) is 11.5. The van der Waals surface area contributed by atoms with Crippen molar-refractivity contribution in [1.29, 1.82) is 0 Å². The molecule has 1 saturated heterocycles. The molecule has 0 bridgehead atoms. The van der Waals surface area contributed by atoms with Crippen LogP contribution in [0.15, 0.2) is 36.4 Å². The van der Waals surface area contributed by atoms with Gasteiger partial charge in [-0.05, 0) is 32.2 Å². The van der Waals surface area contributed by atoms with E-state index in [0.29, 0.717) is 32.6 Å². The molecule has 1 heterocycles. The molecule has 1 aromatic rings. The van der Waals surface area contributed by atoms with Crippen molar-refractivity contribution in [3.05, 3.63) is 42.0 Å². The van der Waals surface area contributed by atoms with Crippen LogP contribution in [0.5, 0.6) is 0 Å². The number of piperazine rings is 1. The van der Waals surface area contributed by atoms with Gasteiger partial charge in [0.05, 0.1) is 0 Å². The lowest BCUT2D eigenvalue weighted by atomic mass is 10.1. The predicted molar refractivity (Wildman–Crippen MR) is 96.4 cm³/mol. The highest BCUT2D eigenvalue weighted by Crippen LogP contribution is 2.14. The third-order valence-electron chi connectivity index (χ3n) is 4.29. The summed E-state index contributed by atoms with van der Waals surface area (Å²) in [7, 11) is 3.93. The Hall–Kier alpha value is -2.14. The van der Waals surface area contributed by atoms with Crippen LogP contribution in [-0.4, -0.2) is 73.3 Å². The minimum absolute atomic E-state index is 0.0248. The number of hydrogen-bond acceptors (Lipinski definition) is 3. The van der Waals surface area contributed by atoms with Crippen molar-refractivity contribution >= 4 is 17.4 Å². The van der Waals surface area contributed by atoms with E-state index in [1.807, 2.05) is 66.1 Å². The second kappa shape index (κ2) is 8.64. The number of nitrogens with zero attached hydrogens (tertiary/aromatic N) is 3. The van der Waals surface area contributed by atoms with Crippen LogP contribution in [0.1, 0.15) is 18.9 Å². The summed E-state index contributed by atoms with van der Waals surface area (Å²) in [5.74, 6) is 0.198. The van der Waals surface area contributed by atoms with Crippen molar-refractivity contribution in [2.75, 3.05) is 46.8 Å². The normalized spacial score (nSPS) is 15.8. The molecule has 130 valence electrons. The highest BCUT2D eigenvalue weighted by atomic mass is 16.2. The molecular weight excluding hydrogens is 302 g/mol. The summed E-state index contributed by atoms with van der Waals surface area (Å²) in [4.78, 5) is 30.2. The Morgan fingerprint density at radius 1 is 1.04 bits per heavy atom. The van der Waals surface area contributed by atoms with E-state index in [0.717, 1.165) is 17.7 Å². The van der Waals surface area contributed by atoms with Gasteiger partial charge >= 0.3 is 0 Å². The van der Waals surface area contributed by atoms with Gasteiger partial charge in [0.25, 0.3) is 0 Å². The van der Waals surface area contributed by atoms with Crippen molar-refractivity contribution in [3.8, 4) is 0 Å². The molecule has 2 amide bonds. The third-order valence-corrected chi connectivity index (χ3v) is 4.29. The van der Waals surface area contributed by atoms with Gasteiger partial charge in [-0.3, -0.25) is 9.59 Å². The zero-order chi connectivity index (χ0) is 17.5. The molecule has 2 rings (SSSR count). The Balaban J connectivity index is 1.85. The maximum absolute atomic E-state index is 12.4. The molecule has 5 nitrogen and oxygen atoms in total. The molecule has 0 aliphatic carbocycles. The Kier molecular flexibility index (Phi) is 6.55. The van der Waals surface area contributed by atoms with Crippen LogP contribution >= 0.6 is 0 Å². The van der Waals surface area contributed by atoms with Gasteiger partial charge in [0, 0.05) is 45.2 Å². The minimum atomic E-state index is 0.0248. The second-order valence-corrected chi connectivity index (χ2v) is 6.45. The Labute approximate surface area is 144 Å². The van der Waals surface area contributed by atoms with Crippen LogP contribution in [0.2, 0.25) is 0 Å². The number of amides is 2. The zero-order valence-corrected chi connectivity index (χ0v) is 14.9. The lowest BCUT2D eigenvalue weighted by Crippen LogP contribution is -2.50. The number of carbonyl (C=O) groups excluding carboxylic acids is 2. The molecule has 0 N–H and O–H groups in total.